The van der Waals surface area contributed by atoms with Crippen LogP contribution in [0.2, 0.25) is 0 Å². The molecule has 0 aliphatic heterocycles. The van der Waals surface area contributed by atoms with Gasteiger partial charge < -0.3 is 13.9 Å². The van der Waals surface area contributed by atoms with E-state index in [4.69, 9.17) is 4.42 Å². The van der Waals surface area contributed by atoms with Crippen molar-refractivity contribution < 1.29 is 23.1 Å². The Balaban J connectivity index is 2.14. The number of aromatic nitrogens is 2. The Bertz CT molecular complexity index is 887. The third-order valence-corrected chi connectivity index (χ3v) is 4.37. The highest BCUT2D eigenvalue weighted by molar-refractivity contribution is 7.60. The molecule has 122 valence electrons. The average molecular weight is 338 g/mol. The monoisotopic (exact) mass is 338 g/mol. The highest BCUT2D eigenvalue weighted by Crippen LogP contribution is 2.42. The second-order valence-corrected chi connectivity index (χ2v) is 7.28. The van der Waals surface area contributed by atoms with Crippen LogP contribution in [0.5, 0.6) is 0 Å². The van der Waals surface area contributed by atoms with E-state index in [1.807, 2.05) is 28.8 Å². The van der Waals surface area contributed by atoms with Crippen molar-refractivity contribution >= 4 is 24.1 Å². The van der Waals surface area contributed by atoms with E-state index in [1.54, 1.807) is 0 Å². The lowest BCUT2D eigenvalue weighted by atomic mass is 10.2. The molecule has 0 bridgehead atoms. The molecule has 0 fully saturated rings. The van der Waals surface area contributed by atoms with E-state index in [-0.39, 0.29) is 5.76 Å². The van der Waals surface area contributed by atoms with Crippen molar-refractivity contribution in [2.24, 2.45) is 5.92 Å². The van der Waals surface area contributed by atoms with Crippen molar-refractivity contribution in [3.05, 3.63) is 36.4 Å². The van der Waals surface area contributed by atoms with E-state index in [0.717, 1.165) is 11.0 Å². The molecule has 0 aliphatic carbocycles. The number of imidazole rings is 1. The van der Waals surface area contributed by atoms with Gasteiger partial charge in [0.2, 0.25) is 5.50 Å². The zero-order chi connectivity index (χ0) is 16.6. The normalized spacial score (nSPS) is 14.5. The molecule has 1 N–H and O–H groups in total. The van der Waals surface area contributed by atoms with E-state index in [1.165, 1.54) is 12.1 Å². The lowest BCUT2D eigenvalue weighted by molar-refractivity contribution is -0.0161. The number of furan rings is 1. The summed E-state index contributed by atoms with van der Waals surface area (Å²) in [5.41, 5.74) is 1.26. The predicted molar refractivity (Wildman–Crippen MR) is 83.9 cm³/mol. The molecule has 1 unspecified atom stereocenters. The van der Waals surface area contributed by atoms with Gasteiger partial charge in [0.05, 0.1) is 11.0 Å². The van der Waals surface area contributed by atoms with Gasteiger partial charge in [0.25, 0.3) is 0 Å². The Morgan fingerprint density at radius 1 is 1.35 bits per heavy atom. The summed E-state index contributed by atoms with van der Waals surface area (Å²) >= 11 is 0. The van der Waals surface area contributed by atoms with E-state index in [9.17, 15) is 14.0 Å². The van der Waals surface area contributed by atoms with Gasteiger partial charge in [-0.1, -0.05) is 30.7 Å². The Hall–Kier alpha value is -1.95. The predicted octanol–water partition coefficient (Wildman–Crippen LogP) is 3.66. The van der Waals surface area contributed by atoms with Crippen LogP contribution >= 0.6 is 7.60 Å². The van der Waals surface area contributed by atoms with Crippen LogP contribution in [-0.2, 0) is 15.8 Å². The third kappa shape index (κ3) is 2.95. The molecule has 0 spiro atoms. The highest BCUT2D eigenvalue weighted by Gasteiger charge is 2.29. The van der Waals surface area contributed by atoms with Crippen molar-refractivity contribution in [2.75, 3.05) is 0 Å². The maximum Gasteiger partial charge on any atom is 0.424 e. The molecule has 3 rings (SSSR count). The van der Waals surface area contributed by atoms with Gasteiger partial charge in [-0.3, -0.25) is 0 Å². The fourth-order valence-electron chi connectivity index (χ4n) is 2.45. The molecule has 3 aromatic rings. The lowest BCUT2D eigenvalue weighted by Crippen LogP contribution is -2.06. The fourth-order valence-corrected chi connectivity index (χ4v) is 2.99. The smallest absolute Gasteiger partial charge is 0.424 e. The zero-order valence-corrected chi connectivity index (χ0v) is 13.5. The minimum absolute atomic E-state index is 0.281. The molecule has 0 amide bonds. The third-order valence-electron chi connectivity index (χ3n) is 3.39. The van der Waals surface area contributed by atoms with Gasteiger partial charge in [0.1, 0.15) is 0 Å². The molecule has 0 saturated carbocycles. The van der Waals surface area contributed by atoms with E-state index < -0.39 is 13.1 Å². The van der Waals surface area contributed by atoms with Crippen LogP contribution in [0, 0.1) is 5.92 Å². The van der Waals surface area contributed by atoms with Crippen molar-refractivity contribution in [3.8, 4) is 11.6 Å². The number of halogens is 1. The molecule has 1 atom stereocenters. The Kier molecular flexibility index (Phi) is 4.10. The van der Waals surface area contributed by atoms with Gasteiger partial charge in [0, 0.05) is 6.54 Å². The summed E-state index contributed by atoms with van der Waals surface area (Å²) in [4.78, 5) is 13.9. The van der Waals surface area contributed by atoms with Crippen LogP contribution < -0.4 is 5.50 Å². The maximum atomic E-state index is 12.2. The Morgan fingerprint density at radius 2 is 2.09 bits per heavy atom. The second kappa shape index (κ2) is 5.92. The van der Waals surface area contributed by atoms with Crippen LogP contribution in [0.25, 0.3) is 22.6 Å². The number of fused-ring (bicyclic) bond motifs is 1. The van der Waals surface area contributed by atoms with Crippen LogP contribution in [0.1, 0.15) is 13.8 Å². The summed E-state index contributed by atoms with van der Waals surface area (Å²) in [7, 11) is -4.57. The number of hydrogen-bond acceptors (Lipinski definition) is 4. The standard InChI is InChI=1S/C15H16FN2O4P/c1-10(2)9-18-12-6-4-3-5-11(12)17-15(18)13-7-8-14(21-13)23(19,20)22-16/h3-8,10H,9H2,1-2H3,(H,19,20). The Labute approximate surface area is 131 Å². The molecule has 0 radical (unpaired) electrons. The molecule has 2 heterocycles. The molecular formula is C15H16FN2O4P. The summed E-state index contributed by atoms with van der Waals surface area (Å²) in [6.07, 6.45) is 0. The largest absolute Gasteiger partial charge is 0.445 e. The van der Waals surface area contributed by atoms with Gasteiger partial charge in [-0.25, -0.2) is 9.55 Å². The molecule has 0 aliphatic rings. The van der Waals surface area contributed by atoms with Crippen molar-refractivity contribution in [1.82, 2.24) is 9.55 Å². The number of rotatable bonds is 5. The quantitative estimate of drug-likeness (QED) is 0.718. The van der Waals surface area contributed by atoms with Gasteiger partial charge in [-0.2, -0.15) is 0 Å². The van der Waals surface area contributed by atoms with Crippen molar-refractivity contribution in [3.63, 3.8) is 0 Å². The first-order valence-corrected chi connectivity index (χ1v) is 8.69. The van der Waals surface area contributed by atoms with Crippen LogP contribution in [0.3, 0.4) is 0 Å². The molecular weight excluding hydrogens is 322 g/mol. The van der Waals surface area contributed by atoms with Crippen LogP contribution in [0.15, 0.2) is 40.8 Å². The van der Waals surface area contributed by atoms with Gasteiger partial charge in [-0.05, 0) is 34.7 Å². The second-order valence-electron chi connectivity index (χ2n) is 5.66. The van der Waals surface area contributed by atoms with Crippen LogP contribution in [0.4, 0.5) is 4.53 Å². The highest BCUT2D eigenvalue weighted by atomic mass is 31.2. The summed E-state index contributed by atoms with van der Waals surface area (Å²) in [5.74, 6) is 1.16. The minimum atomic E-state index is -4.57. The summed E-state index contributed by atoms with van der Waals surface area (Å²) in [6, 6.07) is 10.3. The first-order chi connectivity index (χ1) is 10.9. The minimum Gasteiger partial charge on any atom is -0.445 e. The molecule has 0 saturated heterocycles. The van der Waals surface area contributed by atoms with E-state index >= 15 is 0 Å². The Morgan fingerprint density at radius 3 is 2.78 bits per heavy atom. The summed E-state index contributed by atoms with van der Waals surface area (Å²) in [6.45, 7) is 4.85. The van der Waals surface area contributed by atoms with Crippen molar-refractivity contribution in [2.45, 2.75) is 20.4 Å². The van der Waals surface area contributed by atoms with Crippen LogP contribution in [-0.4, -0.2) is 14.4 Å². The molecule has 23 heavy (non-hydrogen) atoms. The number of para-hydroxylation sites is 2. The summed E-state index contributed by atoms with van der Waals surface area (Å²) in [5, 5.41) is 0. The summed E-state index contributed by atoms with van der Waals surface area (Å²) < 4.78 is 34.1. The molecule has 6 nitrogen and oxygen atoms in total. The first kappa shape index (κ1) is 15.9. The molecule has 1 aromatic carbocycles. The fraction of sp³-hybridized carbons (Fsp3) is 0.267. The molecule has 2 aromatic heterocycles. The topological polar surface area (TPSA) is 77.5 Å². The number of benzene rings is 1. The van der Waals surface area contributed by atoms with Crippen molar-refractivity contribution in [1.29, 1.82) is 0 Å². The maximum absolute atomic E-state index is 12.2. The van der Waals surface area contributed by atoms with E-state index in [2.05, 4.69) is 23.6 Å². The SMILES string of the molecule is CC(C)Cn1c(-c2ccc(P(=O)(O)OF)o2)nc2ccccc21. The van der Waals surface area contributed by atoms with Gasteiger partial charge >= 0.3 is 7.60 Å². The van der Waals surface area contributed by atoms with E-state index in [0.29, 0.717) is 18.3 Å². The average Bonchev–Trinajstić information content (AvgIpc) is 3.12. The van der Waals surface area contributed by atoms with Gasteiger partial charge in [-0.15, -0.1) is 0 Å². The zero-order valence-electron chi connectivity index (χ0n) is 12.6. The number of hydrogen-bond donors (Lipinski definition) is 1. The molecule has 8 heteroatoms. The lowest BCUT2D eigenvalue weighted by Gasteiger charge is -2.10. The van der Waals surface area contributed by atoms with Gasteiger partial charge in [0.15, 0.2) is 11.6 Å². The first-order valence-electron chi connectivity index (χ1n) is 7.11. The number of nitrogens with zero attached hydrogens (tertiary/aromatic N) is 2.